The Labute approximate surface area is 195 Å². The van der Waals surface area contributed by atoms with Crippen molar-refractivity contribution in [2.75, 3.05) is 19.7 Å². The van der Waals surface area contributed by atoms with Gasteiger partial charge < -0.3 is 24.2 Å². The number of carbonyl (C=O) groups is 3. The summed E-state index contributed by atoms with van der Waals surface area (Å²) in [5.41, 5.74) is -0.894. The lowest BCUT2D eigenvalue weighted by Gasteiger charge is -2.37. The molecule has 0 saturated carbocycles. The largest absolute Gasteiger partial charge is 0.466 e. The molecule has 1 aliphatic rings. The number of esters is 1. The predicted molar refractivity (Wildman–Crippen MR) is 116 cm³/mol. The minimum absolute atomic E-state index is 0.00352. The highest BCUT2D eigenvalue weighted by Crippen LogP contribution is 2.25. The van der Waals surface area contributed by atoms with Crippen molar-refractivity contribution in [3.05, 3.63) is 41.6 Å². The molecule has 2 aromatic rings. The molecule has 1 aromatic carbocycles. The highest BCUT2D eigenvalue weighted by atomic mass is 19.1. The van der Waals surface area contributed by atoms with Crippen LogP contribution in [0, 0.1) is 17.6 Å². The molecule has 2 atom stereocenters. The van der Waals surface area contributed by atoms with Crippen LogP contribution in [0.15, 0.2) is 28.8 Å². The first-order valence-electron chi connectivity index (χ1n) is 10.9. The zero-order valence-corrected chi connectivity index (χ0v) is 19.4. The fourth-order valence-electron chi connectivity index (χ4n) is 3.55. The molecule has 11 heteroatoms. The molecular weight excluding hydrogens is 452 g/mol. The van der Waals surface area contributed by atoms with Crippen LogP contribution in [0.2, 0.25) is 0 Å². The van der Waals surface area contributed by atoms with E-state index in [4.69, 9.17) is 14.0 Å². The van der Waals surface area contributed by atoms with Crippen LogP contribution in [0.3, 0.4) is 0 Å². The van der Waals surface area contributed by atoms with Gasteiger partial charge in [-0.15, -0.1) is 0 Å². The van der Waals surface area contributed by atoms with Gasteiger partial charge in [-0.2, -0.15) is 0 Å². The van der Waals surface area contributed by atoms with Crippen LogP contribution in [0.1, 0.15) is 44.6 Å². The van der Waals surface area contributed by atoms with Crippen LogP contribution >= 0.6 is 0 Å². The maximum atomic E-state index is 14.0. The Morgan fingerprint density at radius 3 is 2.62 bits per heavy atom. The number of halogens is 2. The van der Waals surface area contributed by atoms with Crippen molar-refractivity contribution in [2.45, 2.75) is 45.8 Å². The van der Waals surface area contributed by atoms with Crippen molar-refractivity contribution in [3.63, 3.8) is 0 Å². The monoisotopic (exact) mass is 479 g/mol. The standard InChI is InChI=1S/C23H27F2N3O6/c1-5-32-21(30)15-12-28(22(31)33-23(2,3)4)9-8-17(15)26-20(29)18-11-19(34-27-18)14-7-6-13(24)10-16(14)25/h6-7,10-11,15,17H,5,8-9,12H2,1-4H3,(H,26,29)/t15-,17-/m1/s1. The van der Waals surface area contributed by atoms with E-state index in [0.717, 1.165) is 6.07 Å². The summed E-state index contributed by atoms with van der Waals surface area (Å²) in [7, 11) is 0. The van der Waals surface area contributed by atoms with Gasteiger partial charge in [0.2, 0.25) is 0 Å². The van der Waals surface area contributed by atoms with E-state index in [1.165, 1.54) is 17.0 Å². The number of benzene rings is 1. The van der Waals surface area contributed by atoms with E-state index in [9.17, 15) is 23.2 Å². The maximum absolute atomic E-state index is 14.0. The number of aromatic nitrogens is 1. The summed E-state index contributed by atoms with van der Waals surface area (Å²) >= 11 is 0. The first kappa shape index (κ1) is 25.1. The van der Waals surface area contributed by atoms with E-state index in [1.807, 2.05) is 0 Å². The lowest BCUT2D eigenvalue weighted by atomic mass is 9.92. The number of amides is 2. The Hall–Kier alpha value is -3.50. The number of nitrogens with one attached hydrogen (secondary N) is 1. The SMILES string of the molecule is CCOC(=O)[C@@H]1CN(C(=O)OC(C)(C)C)CC[C@H]1NC(=O)c1cc(-c2ccc(F)cc2F)on1. The molecule has 34 heavy (non-hydrogen) atoms. The molecule has 3 rings (SSSR count). The van der Waals surface area contributed by atoms with Gasteiger partial charge in [-0.1, -0.05) is 5.16 Å². The van der Waals surface area contributed by atoms with Crippen LogP contribution in [0.25, 0.3) is 11.3 Å². The van der Waals surface area contributed by atoms with Crippen molar-refractivity contribution >= 4 is 18.0 Å². The van der Waals surface area contributed by atoms with Crippen LogP contribution in [0.4, 0.5) is 13.6 Å². The van der Waals surface area contributed by atoms with E-state index in [2.05, 4.69) is 10.5 Å². The number of piperidine rings is 1. The van der Waals surface area contributed by atoms with Crippen molar-refractivity contribution in [2.24, 2.45) is 5.92 Å². The first-order chi connectivity index (χ1) is 16.0. The molecule has 0 spiro atoms. The number of hydrogen-bond donors (Lipinski definition) is 1. The van der Waals surface area contributed by atoms with Crippen LogP contribution in [-0.2, 0) is 14.3 Å². The minimum Gasteiger partial charge on any atom is -0.466 e. The molecule has 184 valence electrons. The summed E-state index contributed by atoms with van der Waals surface area (Å²) in [5, 5.41) is 6.39. The van der Waals surface area contributed by atoms with Crippen molar-refractivity contribution in [1.82, 2.24) is 15.4 Å². The van der Waals surface area contributed by atoms with Gasteiger partial charge in [0.1, 0.15) is 17.2 Å². The molecule has 1 aliphatic heterocycles. The molecule has 0 bridgehead atoms. The fraction of sp³-hybridized carbons (Fsp3) is 0.478. The average Bonchev–Trinajstić information content (AvgIpc) is 3.23. The second kappa shape index (κ2) is 10.2. The van der Waals surface area contributed by atoms with E-state index in [1.54, 1.807) is 27.7 Å². The fourth-order valence-corrected chi connectivity index (χ4v) is 3.55. The zero-order valence-electron chi connectivity index (χ0n) is 19.4. The van der Waals surface area contributed by atoms with E-state index in [0.29, 0.717) is 6.07 Å². The summed E-state index contributed by atoms with van der Waals surface area (Å²) in [5.74, 6) is -3.70. The average molecular weight is 479 g/mol. The zero-order chi connectivity index (χ0) is 25.0. The number of rotatable bonds is 5. The molecule has 1 fully saturated rings. The lowest BCUT2D eigenvalue weighted by molar-refractivity contribution is -0.150. The molecule has 0 radical (unpaired) electrons. The number of ether oxygens (including phenoxy) is 2. The summed E-state index contributed by atoms with van der Waals surface area (Å²) in [6, 6.07) is 3.51. The van der Waals surface area contributed by atoms with Crippen molar-refractivity contribution in [1.29, 1.82) is 0 Å². The third-order valence-corrected chi connectivity index (χ3v) is 5.11. The summed E-state index contributed by atoms with van der Waals surface area (Å²) in [6.07, 6.45) is -0.291. The van der Waals surface area contributed by atoms with Gasteiger partial charge in [0.25, 0.3) is 5.91 Å². The molecule has 1 saturated heterocycles. The Kier molecular flexibility index (Phi) is 7.53. The van der Waals surface area contributed by atoms with E-state index in [-0.39, 0.29) is 43.1 Å². The molecule has 1 aromatic heterocycles. The van der Waals surface area contributed by atoms with Gasteiger partial charge in [-0.25, -0.2) is 13.6 Å². The molecule has 0 unspecified atom stereocenters. The third kappa shape index (κ3) is 6.09. The lowest BCUT2D eigenvalue weighted by Crippen LogP contribution is -2.55. The Morgan fingerprint density at radius 2 is 1.97 bits per heavy atom. The summed E-state index contributed by atoms with van der Waals surface area (Å²) in [6.45, 7) is 7.27. The van der Waals surface area contributed by atoms with E-state index < -0.39 is 47.2 Å². The second-order valence-corrected chi connectivity index (χ2v) is 8.85. The quantitative estimate of drug-likeness (QED) is 0.653. The van der Waals surface area contributed by atoms with Crippen molar-refractivity contribution < 1.29 is 37.2 Å². The van der Waals surface area contributed by atoms with Gasteiger partial charge in [-0.05, 0) is 46.2 Å². The second-order valence-electron chi connectivity index (χ2n) is 8.85. The highest BCUT2D eigenvalue weighted by molar-refractivity contribution is 5.93. The highest BCUT2D eigenvalue weighted by Gasteiger charge is 2.39. The van der Waals surface area contributed by atoms with Gasteiger partial charge in [0, 0.05) is 31.3 Å². The van der Waals surface area contributed by atoms with Gasteiger partial charge in [0.15, 0.2) is 11.5 Å². The summed E-state index contributed by atoms with van der Waals surface area (Å²) in [4.78, 5) is 39.2. The Bertz CT molecular complexity index is 1070. The van der Waals surface area contributed by atoms with Crippen LogP contribution in [0.5, 0.6) is 0 Å². The molecule has 2 heterocycles. The van der Waals surface area contributed by atoms with Gasteiger partial charge in [0.05, 0.1) is 18.1 Å². The normalized spacial score (nSPS) is 18.4. The minimum atomic E-state index is -0.861. The molecule has 9 nitrogen and oxygen atoms in total. The van der Waals surface area contributed by atoms with E-state index >= 15 is 0 Å². The van der Waals surface area contributed by atoms with Gasteiger partial charge >= 0.3 is 12.1 Å². The number of nitrogens with zero attached hydrogens (tertiary/aromatic N) is 2. The summed E-state index contributed by atoms with van der Waals surface area (Å²) < 4.78 is 42.7. The van der Waals surface area contributed by atoms with Crippen molar-refractivity contribution in [3.8, 4) is 11.3 Å². The molecule has 1 N–H and O–H groups in total. The topological polar surface area (TPSA) is 111 Å². The molecular formula is C23H27F2N3O6. The van der Waals surface area contributed by atoms with Crippen LogP contribution < -0.4 is 5.32 Å². The third-order valence-electron chi connectivity index (χ3n) is 5.11. The number of likely N-dealkylation sites (tertiary alicyclic amines) is 1. The number of hydrogen-bond acceptors (Lipinski definition) is 7. The Balaban J connectivity index is 1.73. The first-order valence-corrected chi connectivity index (χ1v) is 10.9. The van der Waals surface area contributed by atoms with Gasteiger partial charge in [-0.3, -0.25) is 9.59 Å². The van der Waals surface area contributed by atoms with Crippen LogP contribution in [-0.4, -0.2) is 59.4 Å². The Morgan fingerprint density at radius 1 is 1.24 bits per heavy atom. The molecule has 2 amide bonds. The predicted octanol–water partition coefficient (Wildman–Crippen LogP) is 3.54. The smallest absolute Gasteiger partial charge is 0.410 e. The maximum Gasteiger partial charge on any atom is 0.410 e. The number of carbonyl (C=O) groups excluding carboxylic acids is 3. The molecule has 0 aliphatic carbocycles.